The van der Waals surface area contributed by atoms with E-state index in [1.165, 1.54) is 9.21 Å². The summed E-state index contributed by atoms with van der Waals surface area (Å²) in [5, 5.41) is 10.3. The number of rotatable bonds is 3. The molecule has 0 saturated carbocycles. The van der Waals surface area contributed by atoms with Gasteiger partial charge < -0.3 is 14.9 Å². The molecule has 1 aromatic carbocycles. The number of halogens is 2. The number of hydrogen-bond donors (Lipinski definition) is 1. The average Bonchev–Trinajstić information content (AvgIpc) is 3.08. The molecule has 1 aromatic rings. The number of sulfonamides is 1. The van der Waals surface area contributed by atoms with Crippen LogP contribution in [-0.2, 0) is 14.8 Å². The number of carboxylic acid groups (broad SMARTS) is 1. The zero-order valence-electron chi connectivity index (χ0n) is 15.2. The molecular weight excluding hydrogens is 429 g/mol. The van der Waals surface area contributed by atoms with Crippen LogP contribution >= 0.6 is 23.2 Å². The lowest BCUT2D eigenvalue weighted by Crippen LogP contribution is -2.53. The summed E-state index contributed by atoms with van der Waals surface area (Å²) in [6.45, 7) is 1.36. The van der Waals surface area contributed by atoms with E-state index in [-0.39, 0.29) is 45.3 Å². The molecule has 2 atom stereocenters. The highest BCUT2D eigenvalue weighted by Gasteiger charge is 2.42. The third-order valence-corrected chi connectivity index (χ3v) is 7.30. The molecule has 0 radical (unpaired) electrons. The smallest absolute Gasteiger partial charge is 0.320 e. The van der Waals surface area contributed by atoms with Crippen molar-refractivity contribution in [2.45, 2.75) is 5.92 Å². The Morgan fingerprint density at radius 1 is 1.04 bits per heavy atom. The van der Waals surface area contributed by atoms with Crippen LogP contribution in [0.3, 0.4) is 0 Å². The lowest BCUT2D eigenvalue weighted by Gasteiger charge is -2.35. The number of piperazine rings is 1. The minimum Gasteiger partial charge on any atom is -0.481 e. The number of likely N-dealkylation sites (tertiary alicyclic amines) is 1. The van der Waals surface area contributed by atoms with E-state index in [1.54, 1.807) is 23.1 Å². The van der Waals surface area contributed by atoms with E-state index < -0.39 is 27.8 Å². The first kappa shape index (κ1) is 21.2. The van der Waals surface area contributed by atoms with Gasteiger partial charge in [0.1, 0.15) is 0 Å². The van der Waals surface area contributed by atoms with Crippen LogP contribution in [0.4, 0.5) is 4.79 Å². The van der Waals surface area contributed by atoms with E-state index in [4.69, 9.17) is 23.2 Å². The Morgan fingerprint density at radius 2 is 1.68 bits per heavy atom. The highest BCUT2D eigenvalue weighted by Crippen LogP contribution is 2.36. The molecule has 2 heterocycles. The monoisotopic (exact) mass is 449 g/mol. The molecule has 2 amide bonds. The third-order valence-electron chi connectivity index (χ3n) is 5.26. The minimum absolute atomic E-state index is 0.0887. The average molecular weight is 450 g/mol. The number of nitrogens with zero attached hydrogens (tertiary/aromatic N) is 3. The maximum atomic E-state index is 12.9. The summed E-state index contributed by atoms with van der Waals surface area (Å²) in [5.41, 5.74) is 0.721. The van der Waals surface area contributed by atoms with Crippen LogP contribution in [0.1, 0.15) is 11.5 Å². The summed E-state index contributed by atoms with van der Waals surface area (Å²) < 4.78 is 24.6. The van der Waals surface area contributed by atoms with Crippen molar-refractivity contribution in [2.24, 2.45) is 5.92 Å². The number of carbonyl (C=O) groups excluding carboxylic acids is 1. The largest absolute Gasteiger partial charge is 0.481 e. The van der Waals surface area contributed by atoms with Crippen molar-refractivity contribution in [3.05, 3.63) is 33.8 Å². The summed E-state index contributed by atoms with van der Waals surface area (Å²) >= 11 is 12.0. The van der Waals surface area contributed by atoms with Gasteiger partial charge in [0.2, 0.25) is 10.0 Å². The van der Waals surface area contributed by atoms with Crippen LogP contribution in [0.5, 0.6) is 0 Å². The Labute approximate surface area is 173 Å². The van der Waals surface area contributed by atoms with E-state index in [2.05, 4.69) is 0 Å². The van der Waals surface area contributed by atoms with Crippen LogP contribution in [0.2, 0.25) is 10.0 Å². The quantitative estimate of drug-likeness (QED) is 0.758. The maximum absolute atomic E-state index is 12.9. The number of hydrogen-bond acceptors (Lipinski definition) is 4. The fraction of sp³-hybridized carbons (Fsp3) is 0.529. The Morgan fingerprint density at radius 3 is 2.21 bits per heavy atom. The first-order valence-corrected chi connectivity index (χ1v) is 11.3. The second-order valence-corrected chi connectivity index (χ2v) is 9.86. The van der Waals surface area contributed by atoms with Crippen LogP contribution in [-0.4, -0.2) is 85.2 Å². The Kier molecular flexibility index (Phi) is 6.09. The summed E-state index contributed by atoms with van der Waals surface area (Å²) in [7, 11) is -3.29. The van der Waals surface area contributed by atoms with Gasteiger partial charge in [0.25, 0.3) is 0 Å². The van der Waals surface area contributed by atoms with Gasteiger partial charge in [-0.25, -0.2) is 13.2 Å². The Bertz CT molecular complexity index is 887. The van der Waals surface area contributed by atoms with Gasteiger partial charge in [0.15, 0.2) is 0 Å². The number of amides is 2. The molecule has 1 N–H and O–H groups in total. The molecule has 0 aliphatic carbocycles. The fourth-order valence-electron chi connectivity index (χ4n) is 3.70. The van der Waals surface area contributed by atoms with Crippen LogP contribution in [0.15, 0.2) is 18.2 Å². The fourth-order valence-corrected chi connectivity index (χ4v) is 4.84. The molecule has 2 fully saturated rings. The molecular formula is C17H21Cl2N3O5S. The SMILES string of the molecule is CS(=O)(=O)N1CCN(C(=O)N2CC(C(=O)O)C(c3ccc(Cl)c(Cl)c3)C2)CC1. The van der Waals surface area contributed by atoms with Gasteiger partial charge in [0.05, 0.1) is 22.2 Å². The molecule has 0 bridgehead atoms. The van der Waals surface area contributed by atoms with Gasteiger partial charge >= 0.3 is 12.0 Å². The van der Waals surface area contributed by atoms with Crippen molar-refractivity contribution < 1.29 is 23.1 Å². The zero-order chi connectivity index (χ0) is 20.6. The second-order valence-electron chi connectivity index (χ2n) is 7.06. The molecule has 11 heteroatoms. The van der Waals surface area contributed by atoms with Gasteiger partial charge in [-0.15, -0.1) is 0 Å². The lowest BCUT2D eigenvalue weighted by molar-refractivity contribution is -0.141. The Balaban J connectivity index is 1.72. The molecule has 2 saturated heterocycles. The minimum atomic E-state index is -3.29. The summed E-state index contributed by atoms with van der Waals surface area (Å²) in [5.74, 6) is -2.12. The van der Waals surface area contributed by atoms with Crippen LogP contribution in [0, 0.1) is 5.92 Å². The zero-order valence-corrected chi connectivity index (χ0v) is 17.5. The number of aliphatic carboxylic acids is 1. The standard InChI is InChI=1S/C17H21Cl2N3O5S/c1-28(26,27)22-6-4-20(5-7-22)17(25)21-9-12(13(10-21)16(23)24)11-2-3-14(18)15(19)8-11/h2-3,8,12-13H,4-7,9-10H2,1H3,(H,23,24). The highest BCUT2D eigenvalue weighted by atomic mass is 35.5. The van der Waals surface area contributed by atoms with Crippen molar-refractivity contribution in [1.82, 2.24) is 14.1 Å². The van der Waals surface area contributed by atoms with Crippen molar-refractivity contribution in [2.75, 3.05) is 45.5 Å². The van der Waals surface area contributed by atoms with E-state index in [0.29, 0.717) is 10.0 Å². The first-order chi connectivity index (χ1) is 13.1. The topological polar surface area (TPSA) is 98.2 Å². The lowest BCUT2D eigenvalue weighted by atomic mass is 9.89. The summed E-state index contributed by atoms with van der Waals surface area (Å²) in [4.78, 5) is 27.7. The molecule has 2 aliphatic rings. The molecule has 0 aromatic heterocycles. The molecule has 2 aliphatic heterocycles. The van der Waals surface area contributed by atoms with E-state index >= 15 is 0 Å². The molecule has 3 rings (SSSR count). The first-order valence-electron chi connectivity index (χ1n) is 8.74. The van der Waals surface area contributed by atoms with Crippen LogP contribution in [0.25, 0.3) is 0 Å². The van der Waals surface area contributed by atoms with Gasteiger partial charge in [-0.05, 0) is 17.7 Å². The number of benzene rings is 1. The van der Waals surface area contributed by atoms with E-state index in [9.17, 15) is 23.1 Å². The molecule has 154 valence electrons. The van der Waals surface area contributed by atoms with Crippen molar-refractivity contribution in [1.29, 1.82) is 0 Å². The van der Waals surface area contributed by atoms with Gasteiger partial charge in [-0.2, -0.15) is 4.31 Å². The van der Waals surface area contributed by atoms with Crippen molar-refractivity contribution in [3.63, 3.8) is 0 Å². The van der Waals surface area contributed by atoms with Gasteiger partial charge in [-0.3, -0.25) is 4.79 Å². The molecule has 28 heavy (non-hydrogen) atoms. The molecule has 2 unspecified atom stereocenters. The predicted molar refractivity (Wildman–Crippen MR) is 105 cm³/mol. The maximum Gasteiger partial charge on any atom is 0.320 e. The number of carboxylic acids is 1. The highest BCUT2D eigenvalue weighted by molar-refractivity contribution is 7.88. The van der Waals surface area contributed by atoms with Crippen molar-refractivity contribution >= 4 is 45.2 Å². The number of urea groups is 1. The molecule has 8 nitrogen and oxygen atoms in total. The summed E-state index contributed by atoms with van der Waals surface area (Å²) in [6.07, 6.45) is 1.14. The van der Waals surface area contributed by atoms with Gasteiger partial charge in [-0.1, -0.05) is 29.3 Å². The Hall–Kier alpha value is -1.55. The normalized spacial score (nSPS) is 23.8. The summed E-state index contributed by atoms with van der Waals surface area (Å²) in [6, 6.07) is 4.71. The van der Waals surface area contributed by atoms with Gasteiger partial charge in [0, 0.05) is 45.2 Å². The predicted octanol–water partition coefficient (Wildman–Crippen LogP) is 1.79. The third kappa shape index (κ3) is 4.37. The van der Waals surface area contributed by atoms with Crippen molar-refractivity contribution in [3.8, 4) is 0 Å². The molecule has 0 spiro atoms. The number of carbonyl (C=O) groups is 2. The van der Waals surface area contributed by atoms with Crippen LogP contribution < -0.4 is 0 Å². The van der Waals surface area contributed by atoms with E-state index in [0.717, 1.165) is 11.8 Å². The second kappa shape index (κ2) is 8.06. The van der Waals surface area contributed by atoms with E-state index in [1.807, 2.05) is 0 Å².